The van der Waals surface area contributed by atoms with Gasteiger partial charge in [0, 0.05) is 5.39 Å². The van der Waals surface area contributed by atoms with Crippen molar-refractivity contribution in [2.75, 3.05) is 14.2 Å². The molecule has 0 spiro atoms. The van der Waals surface area contributed by atoms with E-state index < -0.39 is 0 Å². The SMILES string of the molecule is COc1ccc(C(C)NC(=O)c2cc3c(ccc4ccccc43)o2)cc1OC. The predicted octanol–water partition coefficient (Wildman–Crippen LogP) is 5.09. The van der Waals surface area contributed by atoms with E-state index in [4.69, 9.17) is 13.9 Å². The maximum Gasteiger partial charge on any atom is 0.287 e. The monoisotopic (exact) mass is 375 g/mol. The predicted molar refractivity (Wildman–Crippen MR) is 109 cm³/mol. The van der Waals surface area contributed by atoms with Crippen molar-refractivity contribution in [1.29, 1.82) is 0 Å². The molecule has 0 saturated heterocycles. The number of fused-ring (bicyclic) bond motifs is 3. The summed E-state index contributed by atoms with van der Waals surface area (Å²) in [7, 11) is 3.18. The van der Waals surface area contributed by atoms with Gasteiger partial charge in [0.05, 0.1) is 20.3 Å². The summed E-state index contributed by atoms with van der Waals surface area (Å²) in [6, 6.07) is 19.1. The average molecular weight is 375 g/mol. The van der Waals surface area contributed by atoms with Crippen molar-refractivity contribution in [3.05, 3.63) is 72.0 Å². The fourth-order valence-corrected chi connectivity index (χ4v) is 3.38. The van der Waals surface area contributed by atoms with E-state index in [1.807, 2.05) is 61.5 Å². The number of ether oxygens (including phenoxy) is 2. The van der Waals surface area contributed by atoms with E-state index in [1.54, 1.807) is 20.3 Å². The van der Waals surface area contributed by atoms with Gasteiger partial charge >= 0.3 is 0 Å². The van der Waals surface area contributed by atoms with Crippen LogP contribution in [-0.2, 0) is 0 Å². The van der Waals surface area contributed by atoms with Crippen LogP contribution in [0.5, 0.6) is 11.5 Å². The van der Waals surface area contributed by atoms with E-state index in [-0.39, 0.29) is 11.9 Å². The highest BCUT2D eigenvalue weighted by atomic mass is 16.5. The van der Waals surface area contributed by atoms with Gasteiger partial charge < -0.3 is 19.2 Å². The number of benzene rings is 3. The molecule has 1 aromatic heterocycles. The van der Waals surface area contributed by atoms with Crippen LogP contribution in [0.1, 0.15) is 29.1 Å². The molecule has 0 bridgehead atoms. The summed E-state index contributed by atoms with van der Waals surface area (Å²) in [5.74, 6) is 1.30. The van der Waals surface area contributed by atoms with E-state index in [1.165, 1.54) is 0 Å². The van der Waals surface area contributed by atoms with Crippen LogP contribution >= 0.6 is 0 Å². The summed E-state index contributed by atoms with van der Waals surface area (Å²) in [5.41, 5.74) is 1.61. The summed E-state index contributed by atoms with van der Waals surface area (Å²) in [6.07, 6.45) is 0. The van der Waals surface area contributed by atoms with Gasteiger partial charge in [0.25, 0.3) is 5.91 Å². The molecule has 142 valence electrons. The number of methoxy groups -OCH3 is 2. The first-order chi connectivity index (χ1) is 13.6. The molecule has 0 aliphatic rings. The lowest BCUT2D eigenvalue weighted by molar-refractivity contribution is 0.0914. The standard InChI is InChI=1S/C23H21NO4/c1-14(16-9-11-20(26-2)21(12-16)27-3)24-23(25)22-13-18-17-7-5-4-6-15(17)8-10-19(18)28-22/h4-14H,1-3H3,(H,24,25). The molecule has 28 heavy (non-hydrogen) atoms. The third kappa shape index (κ3) is 3.16. The lowest BCUT2D eigenvalue weighted by Gasteiger charge is -2.16. The molecule has 0 fully saturated rings. The molecular formula is C23H21NO4. The van der Waals surface area contributed by atoms with Crippen LogP contribution < -0.4 is 14.8 Å². The Bertz CT molecular complexity index is 1160. The molecule has 0 aliphatic carbocycles. The van der Waals surface area contributed by atoms with Crippen LogP contribution in [0.15, 0.2) is 65.1 Å². The summed E-state index contributed by atoms with van der Waals surface area (Å²) in [6.45, 7) is 1.91. The van der Waals surface area contributed by atoms with E-state index in [2.05, 4.69) is 5.32 Å². The zero-order valence-corrected chi connectivity index (χ0v) is 16.0. The van der Waals surface area contributed by atoms with Gasteiger partial charge in [0.2, 0.25) is 0 Å². The number of hydrogen-bond acceptors (Lipinski definition) is 4. The van der Waals surface area contributed by atoms with Gasteiger partial charge in [0.15, 0.2) is 17.3 Å². The maximum absolute atomic E-state index is 12.8. The Morgan fingerprint density at radius 1 is 0.929 bits per heavy atom. The second-order valence-corrected chi connectivity index (χ2v) is 6.62. The summed E-state index contributed by atoms with van der Waals surface area (Å²) < 4.78 is 16.4. The summed E-state index contributed by atoms with van der Waals surface area (Å²) in [5, 5.41) is 6.09. The maximum atomic E-state index is 12.8. The first kappa shape index (κ1) is 17.9. The van der Waals surface area contributed by atoms with E-state index in [9.17, 15) is 4.79 Å². The van der Waals surface area contributed by atoms with Crippen molar-refractivity contribution < 1.29 is 18.7 Å². The van der Waals surface area contributed by atoms with Crippen molar-refractivity contribution >= 4 is 27.6 Å². The van der Waals surface area contributed by atoms with Gasteiger partial charge in [-0.05, 0) is 47.5 Å². The first-order valence-electron chi connectivity index (χ1n) is 9.05. The highest BCUT2D eigenvalue weighted by molar-refractivity contribution is 6.08. The molecule has 5 nitrogen and oxygen atoms in total. The molecule has 1 amide bonds. The Morgan fingerprint density at radius 2 is 1.71 bits per heavy atom. The Labute approximate surface area is 162 Å². The van der Waals surface area contributed by atoms with Gasteiger partial charge in [-0.3, -0.25) is 4.79 Å². The fraction of sp³-hybridized carbons (Fsp3) is 0.174. The molecular weight excluding hydrogens is 354 g/mol. The third-order valence-electron chi connectivity index (χ3n) is 4.91. The minimum Gasteiger partial charge on any atom is -0.493 e. The Morgan fingerprint density at radius 3 is 2.50 bits per heavy atom. The number of nitrogens with one attached hydrogen (secondary N) is 1. The van der Waals surface area contributed by atoms with Gasteiger partial charge in [-0.1, -0.05) is 36.4 Å². The van der Waals surface area contributed by atoms with Crippen LogP contribution in [0, 0.1) is 0 Å². The highest BCUT2D eigenvalue weighted by Crippen LogP contribution is 2.31. The molecule has 4 rings (SSSR count). The summed E-state index contributed by atoms with van der Waals surface area (Å²) >= 11 is 0. The fourth-order valence-electron chi connectivity index (χ4n) is 3.38. The number of carbonyl (C=O) groups is 1. The highest BCUT2D eigenvalue weighted by Gasteiger charge is 2.18. The second-order valence-electron chi connectivity index (χ2n) is 6.62. The molecule has 3 aromatic carbocycles. The van der Waals surface area contributed by atoms with Gasteiger partial charge in [0.1, 0.15) is 5.58 Å². The number of hydrogen-bond donors (Lipinski definition) is 1. The number of carbonyl (C=O) groups excluding carboxylic acids is 1. The smallest absolute Gasteiger partial charge is 0.287 e. The van der Waals surface area contributed by atoms with Gasteiger partial charge in [-0.25, -0.2) is 0 Å². The lowest BCUT2D eigenvalue weighted by atomic mass is 10.1. The average Bonchev–Trinajstić information content (AvgIpc) is 3.18. The topological polar surface area (TPSA) is 60.7 Å². The van der Waals surface area contributed by atoms with Crippen LogP contribution in [-0.4, -0.2) is 20.1 Å². The molecule has 5 heteroatoms. The van der Waals surface area contributed by atoms with E-state index in [0.29, 0.717) is 22.8 Å². The van der Waals surface area contributed by atoms with E-state index in [0.717, 1.165) is 21.7 Å². The molecule has 4 aromatic rings. The third-order valence-corrected chi connectivity index (χ3v) is 4.91. The molecule has 0 radical (unpaired) electrons. The second kappa shape index (κ2) is 7.27. The van der Waals surface area contributed by atoms with Crippen LogP contribution in [0.3, 0.4) is 0 Å². The van der Waals surface area contributed by atoms with Crippen molar-refractivity contribution in [2.24, 2.45) is 0 Å². The molecule has 0 saturated carbocycles. The molecule has 1 unspecified atom stereocenters. The quantitative estimate of drug-likeness (QED) is 0.527. The van der Waals surface area contributed by atoms with Crippen molar-refractivity contribution in [2.45, 2.75) is 13.0 Å². The molecule has 1 heterocycles. The zero-order valence-electron chi connectivity index (χ0n) is 16.0. The van der Waals surface area contributed by atoms with Crippen molar-refractivity contribution in [3.63, 3.8) is 0 Å². The van der Waals surface area contributed by atoms with E-state index >= 15 is 0 Å². The van der Waals surface area contributed by atoms with Crippen LogP contribution in [0.25, 0.3) is 21.7 Å². The number of rotatable bonds is 5. The van der Waals surface area contributed by atoms with Crippen molar-refractivity contribution in [3.8, 4) is 11.5 Å². The summed E-state index contributed by atoms with van der Waals surface area (Å²) in [4.78, 5) is 12.8. The van der Waals surface area contributed by atoms with Crippen LogP contribution in [0.4, 0.5) is 0 Å². The Kier molecular flexibility index (Phi) is 4.65. The lowest BCUT2D eigenvalue weighted by Crippen LogP contribution is -2.26. The minimum absolute atomic E-state index is 0.225. The number of amides is 1. The van der Waals surface area contributed by atoms with Gasteiger partial charge in [-0.15, -0.1) is 0 Å². The molecule has 1 atom stereocenters. The van der Waals surface area contributed by atoms with Crippen LogP contribution in [0.2, 0.25) is 0 Å². The first-order valence-corrected chi connectivity index (χ1v) is 9.05. The zero-order chi connectivity index (χ0) is 19.7. The minimum atomic E-state index is -0.262. The number of furan rings is 1. The molecule has 0 aliphatic heterocycles. The largest absolute Gasteiger partial charge is 0.493 e. The van der Waals surface area contributed by atoms with Crippen molar-refractivity contribution in [1.82, 2.24) is 5.32 Å². The normalized spacial score (nSPS) is 12.1. The Hall–Kier alpha value is -3.47. The molecule has 1 N–H and O–H groups in total. The van der Waals surface area contributed by atoms with Gasteiger partial charge in [-0.2, -0.15) is 0 Å². The Balaban J connectivity index is 1.60.